The van der Waals surface area contributed by atoms with Crippen LogP contribution in [-0.4, -0.2) is 35.0 Å². The highest BCUT2D eigenvalue weighted by Crippen LogP contribution is 2.42. The van der Waals surface area contributed by atoms with Crippen LogP contribution in [0, 0.1) is 15.9 Å². The van der Waals surface area contributed by atoms with Crippen LogP contribution in [0.3, 0.4) is 0 Å². The fraction of sp³-hybridized carbons (Fsp3) is 0.179. The summed E-state index contributed by atoms with van der Waals surface area (Å²) >= 11 is 0. The van der Waals surface area contributed by atoms with E-state index in [1.165, 1.54) is 21.2 Å². The number of carboxylic acids is 1. The lowest BCUT2D eigenvalue weighted by Crippen LogP contribution is -2.57. The number of carbonyl (C=O) groups is 2. The fourth-order valence-electron chi connectivity index (χ4n) is 7.23. The largest absolute Gasteiger partial charge is 0.481 e. The summed E-state index contributed by atoms with van der Waals surface area (Å²) in [6.07, 6.45) is 11.5. The number of anilines is 1. The van der Waals surface area contributed by atoms with Crippen molar-refractivity contribution in [1.29, 1.82) is 0 Å². The van der Waals surface area contributed by atoms with E-state index in [-0.39, 0.29) is 5.91 Å². The fourth-order valence-corrected chi connectivity index (χ4v) is 7.23. The Morgan fingerprint density at radius 2 is 1.57 bits per heavy atom. The summed E-state index contributed by atoms with van der Waals surface area (Å²) in [4.78, 5) is 31.8. The molecule has 0 spiro atoms. The molecule has 2 atom stereocenters. The van der Waals surface area contributed by atoms with Crippen molar-refractivity contribution >= 4 is 35.3 Å². The lowest BCUT2D eigenvalue weighted by atomic mass is 9.71. The van der Waals surface area contributed by atoms with Crippen LogP contribution >= 0.6 is 0 Å². The first kappa shape index (κ1) is 27.7. The number of hydrogen-bond donors (Lipinski definition) is 1. The van der Waals surface area contributed by atoms with E-state index in [2.05, 4.69) is 48.6 Å². The molecule has 5 heteroatoms. The Bertz CT molecular complexity index is 2100. The molecular weight excluding hydrogens is 544 g/mol. The highest BCUT2D eigenvalue weighted by molar-refractivity contribution is 6.01. The molecule has 218 valence electrons. The van der Waals surface area contributed by atoms with Gasteiger partial charge in [0.25, 0.3) is 5.91 Å². The molecule has 4 aromatic carbocycles. The normalized spacial score (nSPS) is 18.5. The van der Waals surface area contributed by atoms with Crippen molar-refractivity contribution in [2.24, 2.45) is 5.41 Å². The van der Waals surface area contributed by atoms with Crippen LogP contribution in [0.2, 0.25) is 0 Å². The summed E-state index contributed by atoms with van der Waals surface area (Å²) in [5.74, 6) is -1.29. The highest BCUT2D eigenvalue weighted by Gasteiger charge is 2.53. The van der Waals surface area contributed by atoms with Crippen molar-refractivity contribution in [2.45, 2.75) is 32.4 Å². The third-order valence-corrected chi connectivity index (χ3v) is 9.52. The van der Waals surface area contributed by atoms with Gasteiger partial charge in [-0.3, -0.25) is 9.59 Å². The van der Waals surface area contributed by atoms with Gasteiger partial charge in [0.1, 0.15) is 11.5 Å². The zero-order chi connectivity index (χ0) is 30.4. The maximum atomic E-state index is 14.6. The number of hydrogen-bond acceptors (Lipinski definition) is 3. The first-order chi connectivity index (χ1) is 21.4. The molecule has 1 N–H and O–H groups in total. The summed E-state index contributed by atoms with van der Waals surface area (Å²) in [7, 11) is 1.85. The molecular formula is C39H34N2O3. The molecule has 0 saturated heterocycles. The van der Waals surface area contributed by atoms with Crippen molar-refractivity contribution in [3.63, 3.8) is 0 Å². The van der Waals surface area contributed by atoms with Crippen molar-refractivity contribution in [3.05, 3.63) is 152 Å². The van der Waals surface area contributed by atoms with E-state index in [0.29, 0.717) is 12.1 Å². The highest BCUT2D eigenvalue weighted by atomic mass is 16.4. The number of carboxylic acid groups (broad SMARTS) is 1. The molecule has 2 aliphatic carbocycles. The molecule has 0 fully saturated rings. The first-order valence-electron chi connectivity index (χ1n) is 15.1. The van der Waals surface area contributed by atoms with Gasteiger partial charge in [-0.1, -0.05) is 103 Å². The molecule has 0 bridgehead atoms. The maximum absolute atomic E-state index is 14.6. The average Bonchev–Trinajstić information content (AvgIpc) is 3.16. The molecule has 0 aromatic heterocycles. The molecule has 1 aliphatic heterocycles. The zero-order valence-corrected chi connectivity index (χ0v) is 24.9. The average molecular weight is 579 g/mol. The van der Waals surface area contributed by atoms with Gasteiger partial charge in [0.05, 0.1) is 6.54 Å². The number of benzene rings is 4. The number of likely N-dealkylation sites (N-methyl/N-ethyl adjacent to an activating group) is 1. The van der Waals surface area contributed by atoms with Crippen molar-refractivity contribution in [1.82, 2.24) is 4.90 Å². The van der Waals surface area contributed by atoms with E-state index in [4.69, 9.17) is 0 Å². The van der Waals surface area contributed by atoms with Crippen molar-refractivity contribution in [2.75, 3.05) is 11.9 Å². The predicted octanol–water partition coefficient (Wildman–Crippen LogP) is 5.18. The molecule has 3 aliphatic rings. The molecule has 1 amide bonds. The topological polar surface area (TPSA) is 60.9 Å². The number of nitrogens with zero attached hydrogens (tertiary/aromatic N) is 2. The molecule has 7 rings (SSSR count). The van der Waals surface area contributed by atoms with E-state index < -0.39 is 17.4 Å². The van der Waals surface area contributed by atoms with Crippen LogP contribution in [-0.2, 0) is 29.0 Å². The van der Waals surface area contributed by atoms with E-state index in [1.54, 1.807) is 18.0 Å². The Labute approximate surface area is 256 Å². The van der Waals surface area contributed by atoms with Gasteiger partial charge in [0.15, 0.2) is 0 Å². The smallest absolute Gasteiger partial charge is 0.316 e. The first-order valence-corrected chi connectivity index (χ1v) is 15.1. The summed E-state index contributed by atoms with van der Waals surface area (Å²) in [6, 6.07) is 29.3. The number of allylic oxidation sites excluding steroid dienone is 2. The van der Waals surface area contributed by atoms with Gasteiger partial charge in [0.2, 0.25) is 0 Å². The molecule has 44 heavy (non-hydrogen) atoms. The van der Waals surface area contributed by atoms with Crippen LogP contribution in [0.5, 0.6) is 0 Å². The van der Waals surface area contributed by atoms with E-state index in [0.717, 1.165) is 40.4 Å². The van der Waals surface area contributed by atoms with Crippen LogP contribution < -0.4 is 15.3 Å². The van der Waals surface area contributed by atoms with Gasteiger partial charge in [0, 0.05) is 18.9 Å². The van der Waals surface area contributed by atoms with Gasteiger partial charge >= 0.3 is 5.97 Å². The van der Waals surface area contributed by atoms with Crippen molar-refractivity contribution < 1.29 is 14.7 Å². The monoisotopic (exact) mass is 578 g/mol. The Morgan fingerprint density at radius 3 is 2.39 bits per heavy atom. The van der Waals surface area contributed by atoms with Gasteiger partial charge in [-0.2, -0.15) is 0 Å². The third-order valence-electron chi connectivity index (χ3n) is 9.52. The number of rotatable bonds is 5. The second-order valence-corrected chi connectivity index (χ2v) is 12.0. The SMILES string of the molecule is CN1c2ccccc2CN(C=Cc2ccccc2)C(=O)C1C(C)(C(=O)O)C1=c2ccc3c(c2CC=C1)CC=c1ccccc1=3. The van der Waals surface area contributed by atoms with Gasteiger partial charge in [-0.05, 0) is 80.6 Å². The molecule has 5 nitrogen and oxygen atoms in total. The molecule has 0 radical (unpaired) electrons. The number of amides is 1. The molecule has 4 aromatic rings. The minimum Gasteiger partial charge on any atom is -0.481 e. The van der Waals surface area contributed by atoms with Gasteiger partial charge in [-0.15, -0.1) is 0 Å². The van der Waals surface area contributed by atoms with Crippen LogP contribution in [0.1, 0.15) is 29.2 Å². The number of carbonyl (C=O) groups excluding carboxylic acids is 1. The zero-order valence-electron chi connectivity index (χ0n) is 24.9. The van der Waals surface area contributed by atoms with Crippen LogP contribution in [0.15, 0.2) is 109 Å². The Hall–Kier alpha value is -5.16. The number of para-hydroxylation sites is 1. The quantitative estimate of drug-likeness (QED) is 0.355. The van der Waals surface area contributed by atoms with E-state index in [1.807, 2.05) is 78.7 Å². The van der Waals surface area contributed by atoms with Gasteiger partial charge < -0.3 is 14.9 Å². The van der Waals surface area contributed by atoms with Crippen LogP contribution in [0.4, 0.5) is 5.69 Å². The number of aliphatic carboxylic acids is 1. The summed E-state index contributed by atoms with van der Waals surface area (Å²) in [5, 5.41) is 15.7. The molecule has 0 saturated carbocycles. The Balaban J connectivity index is 1.44. The minimum atomic E-state index is -1.56. The summed E-state index contributed by atoms with van der Waals surface area (Å²) in [5.41, 5.74) is 4.25. The Morgan fingerprint density at radius 1 is 0.864 bits per heavy atom. The van der Waals surface area contributed by atoms with E-state index >= 15 is 0 Å². The minimum absolute atomic E-state index is 0.256. The van der Waals surface area contributed by atoms with Crippen LogP contribution in [0.25, 0.3) is 17.7 Å². The van der Waals surface area contributed by atoms with E-state index in [9.17, 15) is 14.7 Å². The van der Waals surface area contributed by atoms with Crippen molar-refractivity contribution in [3.8, 4) is 0 Å². The standard InChI is InChI=1S/C39H34N2O3/c1-39(38(43)44,34-17-10-16-30-32-20-19-27-13-6-8-15-29(27)31(32)21-22-33(30)34)36-37(42)41(24-23-26-11-4-3-5-12-26)25-28-14-7-9-18-35(28)40(36)2/h3-15,17-19,21-24,36H,16,20,25H2,1-2H3,(H,43,44). The lowest BCUT2D eigenvalue weighted by molar-refractivity contribution is -0.149. The Kier molecular flexibility index (Phi) is 6.81. The van der Waals surface area contributed by atoms with Gasteiger partial charge in [-0.25, -0.2) is 0 Å². The lowest BCUT2D eigenvalue weighted by Gasteiger charge is -2.41. The number of fused-ring (bicyclic) bond motifs is 5. The molecule has 1 heterocycles. The summed E-state index contributed by atoms with van der Waals surface area (Å²) < 4.78 is 0. The maximum Gasteiger partial charge on any atom is 0.316 e. The second-order valence-electron chi connectivity index (χ2n) is 12.0. The molecule has 2 unspecified atom stereocenters. The third kappa shape index (κ3) is 4.39. The predicted molar refractivity (Wildman–Crippen MR) is 175 cm³/mol. The summed E-state index contributed by atoms with van der Waals surface area (Å²) in [6.45, 7) is 2.07. The second kappa shape index (κ2) is 10.8.